The van der Waals surface area contributed by atoms with Gasteiger partial charge in [0.1, 0.15) is 11.6 Å². The van der Waals surface area contributed by atoms with E-state index in [1.54, 1.807) is 6.92 Å². The van der Waals surface area contributed by atoms with Gasteiger partial charge in [-0.05, 0) is 57.1 Å². The van der Waals surface area contributed by atoms with Crippen LogP contribution < -0.4 is 15.4 Å². The summed E-state index contributed by atoms with van der Waals surface area (Å²) >= 11 is 0. The van der Waals surface area contributed by atoms with E-state index in [0.717, 1.165) is 35.7 Å². The number of aliphatic carboxylic acids is 1. The van der Waals surface area contributed by atoms with Gasteiger partial charge in [0, 0.05) is 58.3 Å². The minimum atomic E-state index is -1.29. The first-order valence-corrected chi connectivity index (χ1v) is 16.8. The highest BCUT2D eigenvalue weighted by Crippen LogP contribution is 2.49. The lowest BCUT2D eigenvalue weighted by atomic mass is 9.88. The summed E-state index contributed by atoms with van der Waals surface area (Å²) in [7, 11) is 1.52. The molecule has 1 saturated carbocycles. The molecule has 1 aromatic heterocycles. The van der Waals surface area contributed by atoms with Gasteiger partial charge in [0.25, 0.3) is 11.8 Å². The molecule has 5 rings (SSSR count). The predicted molar refractivity (Wildman–Crippen MR) is 173 cm³/mol. The molecule has 16 nitrogen and oxygen atoms in total. The summed E-state index contributed by atoms with van der Waals surface area (Å²) in [5.41, 5.74) is -1.38. The van der Waals surface area contributed by atoms with Gasteiger partial charge in [-0.1, -0.05) is 0 Å². The fraction of sp³-hybridized carbons (Fsp3) is 0.545. The molecule has 276 valence electrons. The Kier molecular flexibility index (Phi) is 11.4. The molecule has 3 fully saturated rings. The standard InChI is InChI=1S/C33H41F2N7O9/c1-3-50-32(49)40-15-13-39(14-16-40)30(47)24(9-10-28(44)45)37-29(46)25-18-27(42(38-25)21-7-8-22(34)23(35)17-21)51-19-26(43)41-12-4-11-33(41,20-5-6-20)31(48)36-2/h7-8,17-18,20,24H,3-6,9-16,19H2,1-2H3,(H,36,48)(H,37,46)(H,44,45). The third-order valence-corrected chi connectivity index (χ3v) is 9.36. The first-order chi connectivity index (χ1) is 24.4. The zero-order valence-corrected chi connectivity index (χ0v) is 28.4. The molecule has 0 spiro atoms. The van der Waals surface area contributed by atoms with Gasteiger partial charge < -0.3 is 39.9 Å². The number of aromatic nitrogens is 2. The summed E-state index contributed by atoms with van der Waals surface area (Å²) < 4.78 is 39.9. The van der Waals surface area contributed by atoms with E-state index >= 15 is 0 Å². The molecule has 2 aliphatic heterocycles. The Balaban J connectivity index is 1.35. The first kappa shape index (κ1) is 37.0. The number of likely N-dealkylation sites (N-methyl/N-ethyl adjacent to an activating group) is 1. The molecule has 0 radical (unpaired) electrons. The molecule has 5 amide bonds. The van der Waals surface area contributed by atoms with Crippen LogP contribution in [0.3, 0.4) is 0 Å². The number of benzene rings is 1. The highest BCUT2D eigenvalue weighted by atomic mass is 19.2. The minimum Gasteiger partial charge on any atom is -0.481 e. The molecule has 51 heavy (non-hydrogen) atoms. The van der Waals surface area contributed by atoms with Crippen molar-refractivity contribution in [3.63, 3.8) is 0 Å². The van der Waals surface area contributed by atoms with Crippen molar-refractivity contribution in [1.82, 2.24) is 35.1 Å². The molecule has 2 unspecified atom stereocenters. The van der Waals surface area contributed by atoms with Crippen molar-refractivity contribution in [3.8, 4) is 11.6 Å². The smallest absolute Gasteiger partial charge is 0.409 e. The summed E-state index contributed by atoms with van der Waals surface area (Å²) in [6.07, 6.45) is 1.50. The lowest BCUT2D eigenvalue weighted by Gasteiger charge is -2.37. The van der Waals surface area contributed by atoms with Gasteiger partial charge in [0.15, 0.2) is 23.9 Å². The summed E-state index contributed by atoms with van der Waals surface area (Å²) in [6, 6.07) is 2.70. The van der Waals surface area contributed by atoms with Crippen molar-refractivity contribution in [3.05, 3.63) is 41.6 Å². The number of ether oxygens (including phenoxy) is 2. The van der Waals surface area contributed by atoms with Gasteiger partial charge >= 0.3 is 12.1 Å². The van der Waals surface area contributed by atoms with Gasteiger partial charge in [0.2, 0.25) is 17.7 Å². The summed E-state index contributed by atoms with van der Waals surface area (Å²) in [6.45, 7) is 2.21. The maximum absolute atomic E-state index is 14.3. The Hall–Kier alpha value is -5.29. The van der Waals surface area contributed by atoms with Gasteiger partial charge in [-0.2, -0.15) is 5.10 Å². The Morgan fingerprint density at radius 3 is 2.35 bits per heavy atom. The van der Waals surface area contributed by atoms with Crippen molar-refractivity contribution >= 4 is 35.7 Å². The van der Waals surface area contributed by atoms with Crippen LogP contribution in [0.1, 0.15) is 55.9 Å². The van der Waals surface area contributed by atoms with Crippen molar-refractivity contribution < 1.29 is 52.1 Å². The second kappa shape index (κ2) is 15.7. The summed E-state index contributed by atoms with van der Waals surface area (Å²) in [4.78, 5) is 81.5. The number of carboxylic acids is 1. The molecular formula is C33H41F2N7O9. The van der Waals surface area contributed by atoms with Crippen LogP contribution in [-0.2, 0) is 23.9 Å². The quantitative estimate of drug-likeness (QED) is 0.272. The van der Waals surface area contributed by atoms with Crippen LogP contribution in [-0.4, -0.2) is 130 Å². The minimum absolute atomic E-state index is 0.0186. The number of amides is 5. The van der Waals surface area contributed by atoms with Crippen molar-refractivity contribution in [2.75, 3.05) is 53.0 Å². The Morgan fingerprint density at radius 2 is 1.73 bits per heavy atom. The number of rotatable bonds is 13. The van der Waals surface area contributed by atoms with Crippen LogP contribution in [0.15, 0.2) is 24.3 Å². The van der Waals surface area contributed by atoms with E-state index in [2.05, 4.69) is 15.7 Å². The molecule has 2 atom stereocenters. The average molecular weight is 718 g/mol. The normalized spacial score (nSPS) is 19.3. The number of hydrogen-bond acceptors (Lipinski definition) is 9. The molecule has 3 heterocycles. The molecule has 2 aromatic rings. The predicted octanol–water partition coefficient (Wildman–Crippen LogP) is 1.31. The summed E-state index contributed by atoms with van der Waals surface area (Å²) in [5.74, 6) is -5.95. The number of nitrogens with zero attached hydrogens (tertiary/aromatic N) is 5. The molecule has 18 heteroatoms. The van der Waals surface area contributed by atoms with E-state index < -0.39 is 66.0 Å². The van der Waals surface area contributed by atoms with Crippen LogP contribution in [0, 0.1) is 17.6 Å². The summed E-state index contributed by atoms with van der Waals surface area (Å²) in [5, 5.41) is 18.7. The number of carboxylic acid groups (broad SMARTS) is 1. The number of nitrogens with one attached hydrogen (secondary N) is 2. The average Bonchev–Trinajstić information content (AvgIpc) is 3.73. The number of carbonyl (C=O) groups excluding carboxylic acids is 5. The Morgan fingerprint density at radius 1 is 1.02 bits per heavy atom. The second-order valence-corrected chi connectivity index (χ2v) is 12.6. The topological polar surface area (TPSA) is 193 Å². The second-order valence-electron chi connectivity index (χ2n) is 12.6. The van der Waals surface area contributed by atoms with Crippen LogP contribution >= 0.6 is 0 Å². The third-order valence-electron chi connectivity index (χ3n) is 9.36. The van der Waals surface area contributed by atoms with Gasteiger partial charge in [0.05, 0.1) is 12.3 Å². The van der Waals surface area contributed by atoms with Gasteiger partial charge in [-0.15, -0.1) is 0 Å². The number of piperazine rings is 1. The monoisotopic (exact) mass is 717 g/mol. The number of hydrogen-bond donors (Lipinski definition) is 3. The fourth-order valence-electron chi connectivity index (χ4n) is 6.71. The highest BCUT2D eigenvalue weighted by molar-refractivity contribution is 5.97. The molecule has 3 N–H and O–H groups in total. The molecular weight excluding hydrogens is 676 g/mol. The number of halogens is 2. The van der Waals surface area contributed by atoms with Gasteiger partial charge in [-0.25, -0.2) is 18.3 Å². The van der Waals surface area contributed by atoms with Crippen molar-refractivity contribution in [2.24, 2.45) is 5.92 Å². The molecule has 2 saturated heterocycles. The highest BCUT2D eigenvalue weighted by Gasteiger charge is 2.58. The van der Waals surface area contributed by atoms with Crippen molar-refractivity contribution in [2.45, 2.75) is 57.0 Å². The SMILES string of the molecule is CCOC(=O)N1CCN(C(=O)C(CCC(=O)O)NC(=O)c2cc(OCC(=O)N3CCCC3(C(=O)NC)C3CC3)n(-c3ccc(F)c(F)c3)n2)CC1. The van der Waals surface area contributed by atoms with Crippen LogP contribution in [0.4, 0.5) is 13.6 Å². The maximum atomic E-state index is 14.3. The number of carbonyl (C=O) groups is 6. The lowest BCUT2D eigenvalue weighted by Crippen LogP contribution is -2.59. The lowest BCUT2D eigenvalue weighted by molar-refractivity contribution is -0.147. The fourth-order valence-corrected chi connectivity index (χ4v) is 6.71. The Labute approximate surface area is 292 Å². The molecule has 3 aliphatic rings. The van der Waals surface area contributed by atoms with Crippen LogP contribution in [0.5, 0.6) is 5.88 Å². The first-order valence-electron chi connectivity index (χ1n) is 16.8. The zero-order chi connectivity index (χ0) is 36.9. The van der Waals surface area contributed by atoms with E-state index in [9.17, 15) is 42.7 Å². The zero-order valence-electron chi connectivity index (χ0n) is 28.4. The number of likely N-dealkylation sites (tertiary alicyclic amines) is 1. The molecule has 1 aromatic carbocycles. The largest absolute Gasteiger partial charge is 0.481 e. The molecule has 0 bridgehead atoms. The van der Waals surface area contributed by atoms with E-state index in [1.165, 1.54) is 27.8 Å². The van der Waals surface area contributed by atoms with Crippen LogP contribution in [0.25, 0.3) is 5.69 Å². The van der Waals surface area contributed by atoms with Crippen molar-refractivity contribution in [1.29, 1.82) is 0 Å². The van der Waals surface area contributed by atoms with Gasteiger partial charge in [-0.3, -0.25) is 24.0 Å². The van der Waals surface area contributed by atoms with E-state index in [4.69, 9.17) is 9.47 Å². The van der Waals surface area contributed by atoms with E-state index in [-0.39, 0.29) is 68.3 Å². The molecule has 1 aliphatic carbocycles. The Bertz CT molecular complexity index is 1680. The van der Waals surface area contributed by atoms with E-state index in [1.807, 2.05) is 0 Å². The van der Waals surface area contributed by atoms with Crippen LogP contribution in [0.2, 0.25) is 0 Å². The third kappa shape index (κ3) is 8.04. The maximum Gasteiger partial charge on any atom is 0.409 e. The van der Waals surface area contributed by atoms with E-state index in [0.29, 0.717) is 19.4 Å².